The van der Waals surface area contributed by atoms with E-state index in [0.717, 1.165) is 16.3 Å². The van der Waals surface area contributed by atoms with E-state index in [2.05, 4.69) is 0 Å². The van der Waals surface area contributed by atoms with Crippen LogP contribution in [0.15, 0.2) is 78.0 Å². The lowest BCUT2D eigenvalue weighted by Crippen LogP contribution is -2.31. The number of anilines is 1. The van der Waals surface area contributed by atoms with Gasteiger partial charge < -0.3 is 9.30 Å². The molecule has 3 aromatic rings. The number of thioether (sulfide) groups is 1. The van der Waals surface area contributed by atoms with Gasteiger partial charge >= 0.3 is 0 Å². The van der Waals surface area contributed by atoms with Crippen LogP contribution in [0.2, 0.25) is 0 Å². The third-order valence-electron chi connectivity index (χ3n) is 4.53. The van der Waals surface area contributed by atoms with E-state index in [4.69, 9.17) is 4.74 Å². The second kappa shape index (κ2) is 7.94. The van der Waals surface area contributed by atoms with Gasteiger partial charge in [0, 0.05) is 29.4 Å². The van der Waals surface area contributed by atoms with Gasteiger partial charge in [-0.25, -0.2) is 4.90 Å². The highest BCUT2D eigenvalue weighted by molar-refractivity contribution is 8.00. The molecule has 0 aliphatic carbocycles. The summed E-state index contributed by atoms with van der Waals surface area (Å²) in [4.78, 5) is 27.5. The van der Waals surface area contributed by atoms with Gasteiger partial charge in [0.25, 0.3) is 0 Å². The van der Waals surface area contributed by atoms with Gasteiger partial charge in [0.15, 0.2) is 0 Å². The summed E-state index contributed by atoms with van der Waals surface area (Å²) in [7, 11) is 0. The molecule has 1 saturated heterocycles. The smallest absolute Gasteiger partial charge is 0.247 e. The molecule has 1 aliphatic heterocycles. The average molecular weight is 392 g/mol. The van der Waals surface area contributed by atoms with Crippen molar-refractivity contribution in [1.29, 1.82) is 0 Å². The standard InChI is InChI=1S/C22H20N2O3S/c1-2-27-18-9-5-17(6-10-18)24-21(25)15-20(22(24)26)28-19-11-7-16(8-12-19)23-13-3-4-14-23/h3-14,20H,2,15H2,1H3. The number of imide groups is 1. The van der Waals surface area contributed by atoms with E-state index in [1.165, 1.54) is 16.7 Å². The highest BCUT2D eigenvalue weighted by Crippen LogP contribution is 2.34. The van der Waals surface area contributed by atoms with Crippen molar-refractivity contribution in [3.05, 3.63) is 73.1 Å². The van der Waals surface area contributed by atoms with Crippen molar-refractivity contribution in [3.63, 3.8) is 0 Å². The first kappa shape index (κ1) is 18.4. The number of nitrogens with zero attached hydrogens (tertiary/aromatic N) is 2. The predicted molar refractivity (Wildman–Crippen MR) is 110 cm³/mol. The summed E-state index contributed by atoms with van der Waals surface area (Å²) in [5.74, 6) is 0.378. The zero-order valence-electron chi connectivity index (χ0n) is 15.4. The molecule has 28 heavy (non-hydrogen) atoms. The van der Waals surface area contributed by atoms with E-state index in [1.54, 1.807) is 24.3 Å². The van der Waals surface area contributed by atoms with E-state index in [-0.39, 0.29) is 18.2 Å². The Morgan fingerprint density at radius 2 is 1.61 bits per heavy atom. The summed E-state index contributed by atoms with van der Waals surface area (Å²) in [6.45, 7) is 2.48. The van der Waals surface area contributed by atoms with Gasteiger partial charge in [-0.2, -0.15) is 0 Å². The van der Waals surface area contributed by atoms with Crippen LogP contribution in [0.3, 0.4) is 0 Å². The lowest BCUT2D eigenvalue weighted by atomic mass is 10.3. The Balaban J connectivity index is 1.46. The van der Waals surface area contributed by atoms with Crippen molar-refractivity contribution in [1.82, 2.24) is 4.57 Å². The molecule has 0 radical (unpaired) electrons. The molecule has 1 atom stereocenters. The van der Waals surface area contributed by atoms with E-state index >= 15 is 0 Å². The molecule has 1 aliphatic rings. The van der Waals surface area contributed by atoms with Crippen LogP contribution in [0.25, 0.3) is 5.69 Å². The maximum atomic E-state index is 12.8. The molecule has 0 saturated carbocycles. The molecule has 0 spiro atoms. The molecule has 6 heteroatoms. The summed E-state index contributed by atoms with van der Waals surface area (Å²) in [6, 6.07) is 19.0. The van der Waals surface area contributed by atoms with E-state index < -0.39 is 5.25 Å². The number of carbonyl (C=O) groups is 2. The van der Waals surface area contributed by atoms with Crippen molar-refractivity contribution in [3.8, 4) is 11.4 Å². The Labute approximate surface area is 167 Å². The maximum absolute atomic E-state index is 12.8. The lowest BCUT2D eigenvalue weighted by Gasteiger charge is -2.15. The number of carbonyl (C=O) groups excluding carboxylic acids is 2. The maximum Gasteiger partial charge on any atom is 0.247 e. The van der Waals surface area contributed by atoms with Gasteiger partial charge in [0.05, 0.1) is 17.5 Å². The highest BCUT2D eigenvalue weighted by atomic mass is 32.2. The van der Waals surface area contributed by atoms with Crippen molar-refractivity contribution in [2.24, 2.45) is 0 Å². The Morgan fingerprint density at radius 1 is 0.964 bits per heavy atom. The van der Waals surface area contributed by atoms with Crippen LogP contribution in [0, 0.1) is 0 Å². The van der Waals surface area contributed by atoms with Crippen LogP contribution >= 0.6 is 11.8 Å². The van der Waals surface area contributed by atoms with E-state index in [9.17, 15) is 9.59 Å². The fourth-order valence-corrected chi connectivity index (χ4v) is 4.25. The van der Waals surface area contributed by atoms with Gasteiger partial charge in [-0.05, 0) is 67.6 Å². The van der Waals surface area contributed by atoms with Crippen molar-refractivity contribution < 1.29 is 14.3 Å². The molecule has 2 heterocycles. The van der Waals surface area contributed by atoms with E-state index in [0.29, 0.717) is 12.3 Å². The zero-order valence-corrected chi connectivity index (χ0v) is 16.3. The van der Waals surface area contributed by atoms with Crippen LogP contribution in [0.1, 0.15) is 13.3 Å². The number of rotatable bonds is 6. The minimum Gasteiger partial charge on any atom is -0.494 e. The molecule has 2 aromatic carbocycles. The molecule has 0 bridgehead atoms. The lowest BCUT2D eigenvalue weighted by molar-refractivity contribution is -0.121. The summed E-state index contributed by atoms with van der Waals surface area (Å²) < 4.78 is 7.44. The minimum atomic E-state index is -0.406. The third kappa shape index (κ3) is 3.68. The normalized spacial score (nSPS) is 16.6. The molecule has 4 rings (SSSR count). The number of amides is 2. The quantitative estimate of drug-likeness (QED) is 0.587. The molecule has 142 valence electrons. The van der Waals surface area contributed by atoms with Crippen molar-refractivity contribution in [2.75, 3.05) is 11.5 Å². The Hall–Kier alpha value is -2.99. The second-order valence-electron chi connectivity index (χ2n) is 6.39. The Kier molecular flexibility index (Phi) is 5.21. The number of benzene rings is 2. The van der Waals surface area contributed by atoms with Crippen molar-refractivity contribution in [2.45, 2.75) is 23.5 Å². The topological polar surface area (TPSA) is 51.5 Å². The third-order valence-corrected chi connectivity index (χ3v) is 5.73. The Bertz CT molecular complexity index is 966. The largest absolute Gasteiger partial charge is 0.494 e. The SMILES string of the molecule is CCOc1ccc(N2C(=O)CC(Sc3ccc(-n4cccc4)cc3)C2=O)cc1. The fraction of sp³-hybridized carbons (Fsp3) is 0.182. The molecule has 1 unspecified atom stereocenters. The molecule has 2 amide bonds. The van der Waals surface area contributed by atoms with Gasteiger partial charge in [-0.1, -0.05) is 0 Å². The molecule has 5 nitrogen and oxygen atoms in total. The summed E-state index contributed by atoms with van der Waals surface area (Å²) >= 11 is 1.43. The zero-order chi connectivity index (χ0) is 19.5. The molecular weight excluding hydrogens is 372 g/mol. The monoisotopic (exact) mass is 392 g/mol. The van der Waals surface area contributed by atoms with Gasteiger partial charge in [0.2, 0.25) is 11.8 Å². The van der Waals surface area contributed by atoms with Crippen LogP contribution in [-0.4, -0.2) is 28.2 Å². The first-order valence-corrected chi connectivity index (χ1v) is 10.0. The predicted octanol–water partition coefficient (Wildman–Crippen LogP) is 4.30. The number of hydrogen-bond donors (Lipinski definition) is 0. The molecule has 0 N–H and O–H groups in total. The first-order valence-electron chi connectivity index (χ1n) is 9.15. The Morgan fingerprint density at radius 3 is 2.25 bits per heavy atom. The first-order chi connectivity index (χ1) is 13.7. The van der Waals surface area contributed by atoms with Crippen molar-refractivity contribution >= 4 is 29.3 Å². The van der Waals surface area contributed by atoms with Crippen LogP contribution in [0.4, 0.5) is 5.69 Å². The number of hydrogen-bond acceptors (Lipinski definition) is 4. The summed E-state index contributed by atoms with van der Waals surface area (Å²) in [6.07, 6.45) is 4.17. The van der Waals surface area contributed by atoms with Gasteiger partial charge in [0.1, 0.15) is 5.75 Å². The summed E-state index contributed by atoms with van der Waals surface area (Å²) in [5, 5.41) is -0.406. The van der Waals surface area contributed by atoms with E-state index in [1.807, 2.05) is 60.3 Å². The minimum absolute atomic E-state index is 0.171. The highest BCUT2D eigenvalue weighted by Gasteiger charge is 2.40. The molecular formula is C22H20N2O3S. The fourth-order valence-electron chi connectivity index (χ4n) is 3.19. The summed E-state index contributed by atoms with van der Waals surface area (Å²) in [5.41, 5.74) is 1.64. The number of ether oxygens (including phenoxy) is 1. The average Bonchev–Trinajstić information content (AvgIpc) is 3.33. The van der Waals surface area contributed by atoms with Gasteiger partial charge in [-0.15, -0.1) is 11.8 Å². The second-order valence-corrected chi connectivity index (χ2v) is 7.67. The number of aromatic nitrogens is 1. The van der Waals surface area contributed by atoms with Crippen LogP contribution in [-0.2, 0) is 9.59 Å². The molecule has 1 fully saturated rings. The molecule has 1 aromatic heterocycles. The van der Waals surface area contributed by atoms with Gasteiger partial charge in [-0.3, -0.25) is 9.59 Å². The van der Waals surface area contributed by atoms with Crippen LogP contribution < -0.4 is 9.64 Å². The van der Waals surface area contributed by atoms with Crippen LogP contribution in [0.5, 0.6) is 5.75 Å².